The van der Waals surface area contributed by atoms with Gasteiger partial charge in [0, 0.05) is 14.1 Å². The van der Waals surface area contributed by atoms with Gasteiger partial charge in [-0.1, -0.05) is 18.2 Å². The molecule has 1 amide bonds. The van der Waals surface area contributed by atoms with Crippen molar-refractivity contribution in [2.75, 3.05) is 25.9 Å². The lowest BCUT2D eigenvalue weighted by atomic mass is 9.93. The van der Waals surface area contributed by atoms with Gasteiger partial charge in [-0.3, -0.25) is 4.79 Å². The molecule has 1 aromatic carbocycles. The van der Waals surface area contributed by atoms with E-state index >= 15 is 0 Å². The van der Waals surface area contributed by atoms with E-state index in [2.05, 4.69) is 4.99 Å². The highest BCUT2D eigenvalue weighted by atomic mass is 17.0. The van der Waals surface area contributed by atoms with Gasteiger partial charge < -0.3 is 20.5 Å². The Hall–Kier alpha value is -2.04. The van der Waals surface area contributed by atoms with E-state index in [-0.39, 0.29) is 6.61 Å². The molecule has 5 unspecified atom stereocenters. The third kappa shape index (κ3) is 3.71. The van der Waals surface area contributed by atoms with Gasteiger partial charge in [-0.25, -0.2) is 9.68 Å². The maximum absolute atomic E-state index is 12.4. The smallest absolute Gasteiger partial charge is 0.279 e. The van der Waals surface area contributed by atoms with Crippen molar-refractivity contribution in [2.24, 2.45) is 10.7 Å². The molecular formula is C17H24N4O5. The van der Waals surface area contributed by atoms with Crippen LogP contribution >= 0.6 is 0 Å². The maximum atomic E-state index is 12.4. The van der Waals surface area contributed by atoms with Crippen molar-refractivity contribution in [2.45, 2.75) is 37.4 Å². The number of hydrogen-bond donors (Lipinski definition) is 2. The lowest BCUT2D eigenvalue weighted by Gasteiger charge is -2.46. The van der Waals surface area contributed by atoms with E-state index in [1.807, 2.05) is 30.3 Å². The summed E-state index contributed by atoms with van der Waals surface area (Å²) < 4.78 is 5.72. The van der Waals surface area contributed by atoms with Gasteiger partial charge in [0.1, 0.15) is 30.8 Å². The number of carbonyl (C=O) groups is 1. The molecule has 0 spiro atoms. The molecule has 2 heterocycles. The first kappa shape index (κ1) is 18.7. The molecule has 3 rings (SSSR count). The predicted octanol–water partition coefficient (Wildman–Crippen LogP) is -0.299. The number of aliphatic hydroxyl groups excluding tert-OH is 1. The van der Waals surface area contributed by atoms with E-state index < -0.39 is 36.4 Å². The molecule has 26 heavy (non-hydrogen) atoms. The molecule has 0 radical (unpaired) electrons. The molecule has 5 atom stereocenters. The fourth-order valence-corrected chi connectivity index (χ4v) is 2.76. The van der Waals surface area contributed by atoms with Crippen LogP contribution in [0.15, 0.2) is 35.3 Å². The van der Waals surface area contributed by atoms with Crippen LogP contribution in [0.3, 0.4) is 0 Å². The number of nitrogens with zero attached hydrogens (tertiary/aromatic N) is 3. The first-order chi connectivity index (χ1) is 12.4. The number of anilines is 1. The molecule has 9 heteroatoms. The second-order valence-electron chi connectivity index (χ2n) is 6.51. The summed E-state index contributed by atoms with van der Waals surface area (Å²) in [5.41, 5.74) is 6.84. The van der Waals surface area contributed by atoms with E-state index in [4.69, 9.17) is 20.1 Å². The second kappa shape index (κ2) is 7.68. The van der Waals surface area contributed by atoms with Crippen LogP contribution in [0.25, 0.3) is 0 Å². The number of aliphatic hydroxyl groups is 1. The molecule has 142 valence electrons. The van der Waals surface area contributed by atoms with Gasteiger partial charge in [-0.15, -0.1) is 5.23 Å². The first-order valence-electron chi connectivity index (χ1n) is 8.39. The Morgan fingerprint density at radius 3 is 2.69 bits per heavy atom. The SMILES string of the molecule is C/C(=N/C(=O)C1OC2CON(c3ccccc3)OC2C(N)C1O)N(C)C. The number of ether oxygens (including phenoxy) is 1. The quantitative estimate of drug-likeness (QED) is 0.544. The predicted molar refractivity (Wildman–Crippen MR) is 94.2 cm³/mol. The number of para-hydroxylation sites is 1. The highest BCUT2D eigenvalue weighted by Gasteiger charge is 2.50. The lowest BCUT2D eigenvalue weighted by Crippen LogP contribution is -2.67. The average Bonchev–Trinajstić information content (AvgIpc) is 2.64. The Kier molecular flexibility index (Phi) is 5.54. The van der Waals surface area contributed by atoms with E-state index in [1.54, 1.807) is 25.9 Å². The molecule has 2 aliphatic rings. The zero-order valence-corrected chi connectivity index (χ0v) is 15.0. The number of aliphatic imine (C=N–C) groups is 1. The fraction of sp³-hybridized carbons (Fsp3) is 0.529. The summed E-state index contributed by atoms with van der Waals surface area (Å²) in [4.78, 5) is 29.3. The molecule has 2 aliphatic heterocycles. The molecule has 2 saturated heterocycles. The molecule has 2 fully saturated rings. The van der Waals surface area contributed by atoms with Gasteiger partial charge in [0.15, 0.2) is 6.10 Å². The van der Waals surface area contributed by atoms with Crippen molar-refractivity contribution in [1.82, 2.24) is 4.90 Å². The first-order valence-corrected chi connectivity index (χ1v) is 8.39. The fourth-order valence-electron chi connectivity index (χ4n) is 2.76. The molecule has 9 nitrogen and oxygen atoms in total. The number of hydrogen-bond acceptors (Lipinski definition) is 7. The van der Waals surface area contributed by atoms with E-state index in [1.165, 1.54) is 5.23 Å². The van der Waals surface area contributed by atoms with Crippen LogP contribution < -0.4 is 11.0 Å². The van der Waals surface area contributed by atoms with Crippen molar-refractivity contribution in [3.63, 3.8) is 0 Å². The number of fused-ring (bicyclic) bond motifs is 1. The summed E-state index contributed by atoms with van der Waals surface area (Å²) in [6.07, 6.45) is -3.63. The van der Waals surface area contributed by atoms with Gasteiger partial charge in [-0.2, -0.15) is 4.99 Å². The summed E-state index contributed by atoms with van der Waals surface area (Å²) in [7, 11) is 3.54. The van der Waals surface area contributed by atoms with Gasteiger partial charge in [0.05, 0.1) is 11.7 Å². The molecule has 0 aromatic heterocycles. The van der Waals surface area contributed by atoms with Crippen LogP contribution in [0, 0.1) is 0 Å². The topological polar surface area (TPSA) is 110 Å². The third-order valence-electron chi connectivity index (χ3n) is 4.47. The van der Waals surface area contributed by atoms with Gasteiger partial charge in [0.2, 0.25) is 0 Å². The summed E-state index contributed by atoms with van der Waals surface area (Å²) in [5.74, 6) is -0.0732. The Morgan fingerprint density at radius 1 is 1.35 bits per heavy atom. The highest BCUT2D eigenvalue weighted by Crippen LogP contribution is 2.30. The number of amidine groups is 1. The van der Waals surface area contributed by atoms with Crippen molar-refractivity contribution in [1.29, 1.82) is 0 Å². The number of rotatable bonds is 2. The third-order valence-corrected chi connectivity index (χ3v) is 4.47. The minimum Gasteiger partial charge on any atom is -0.388 e. The number of amides is 1. The highest BCUT2D eigenvalue weighted by molar-refractivity contribution is 5.95. The van der Waals surface area contributed by atoms with Crippen LogP contribution in [-0.2, 0) is 19.2 Å². The van der Waals surface area contributed by atoms with E-state index in [0.29, 0.717) is 11.5 Å². The van der Waals surface area contributed by atoms with E-state index in [0.717, 1.165) is 0 Å². The van der Waals surface area contributed by atoms with Crippen LogP contribution in [0.1, 0.15) is 6.92 Å². The summed E-state index contributed by atoms with van der Waals surface area (Å²) in [6.45, 7) is 1.83. The monoisotopic (exact) mass is 364 g/mol. The van der Waals surface area contributed by atoms with Crippen molar-refractivity contribution in [3.05, 3.63) is 30.3 Å². The summed E-state index contributed by atoms with van der Waals surface area (Å²) >= 11 is 0. The average molecular weight is 364 g/mol. The molecule has 0 aliphatic carbocycles. The lowest BCUT2D eigenvalue weighted by molar-refractivity contribution is -0.276. The molecule has 0 saturated carbocycles. The minimum atomic E-state index is -1.24. The molecular weight excluding hydrogens is 340 g/mol. The van der Waals surface area contributed by atoms with Crippen LogP contribution in [0.4, 0.5) is 5.69 Å². The van der Waals surface area contributed by atoms with Gasteiger partial charge in [-0.05, 0) is 19.1 Å². The van der Waals surface area contributed by atoms with Crippen molar-refractivity contribution in [3.8, 4) is 0 Å². The minimum absolute atomic E-state index is 0.139. The standard InChI is InChI=1S/C17H24N4O5/c1-10(20(2)3)19-17(23)16-14(22)13(18)15-12(25-16)9-24-21(26-15)11-7-5-4-6-8-11/h4-8,12-16,22H,9,18H2,1-3H3/b19-10-. The molecule has 3 N–H and O–H groups in total. The number of benzene rings is 1. The van der Waals surface area contributed by atoms with Gasteiger partial charge >= 0.3 is 0 Å². The second-order valence-corrected chi connectivity index (χ2v) is 6.51. The van der Waals surface area contributed by atoms with E-state index in [9.17, 15) is 9.90 Å². The maximum Gasteiger partial charge on any atom is 0.279 e. The Bertz CT molecular complexity index is 666. The zero-order chi connectivity index (χ0) is 18.8. The van der Waals surface area contributed by atoms with Crippen LogP contribution in [0.2, 0.25) is 0 Å². The molecule has 1 aromatic rings. The van der Waals surface area contributed by atoms with Crippen molar-refractivity contribution < 1.29 is 24.3 Å². The largest absolute Gasteiger partial charge is 0.388 e. The Balaban J connectivity index is 1.72. The van der Waals surface area contributed by atoms with Gasteiger partial charge in [0.25, 0.3) is 5.91 Å². The molecule has 0 bridgehead atoms. The number of carbonyl (C=O) groups excluding carboxylic acids is 1. The Morgan fingerprint density at radius 2 is 2.04 bits per heavy atom. The summed E-state index contributed by atoms with van der Waals surface area (Å²) in [5, 5.41) is 11.7. The Labute approximate surface area is 151 Å². The normalized spacial score (nSPS) is 32.1. The number of nitrogens with two attached hydrogens (primary N) is 1. The zero-order valence-electron chi connectivity index (χ0n) is 15.0. The van der Waals surface area contributed by atoms with Crippen LogP contribution in [-0.4, -0.2) is 72.9 Å². The summed E-state index contributed by atoms with van der Waals surface area (Å²) in [6, 6.07) is 8.38. The van der Waals surface area contributed by atoms with Crippen LogP contribution in [0.5, 0.6) is 0 Å². The van der Waals surface area contributed by atoms with Crippen molar-refractivity contribution >= 4 is 17.4 Å².